The number of carboxylic acids is 1. The van der Waals surface area contributed by atoms with E-state index in [-0.39, 0.29) is 12.3 Å². The van der Waals surface area contributed by atoms with Gasteiger partial charge in [-0.1, -0.05) is 13.8 Å². The number of nitrogens with two attached hydrogens (primary N) is 1. The van der Waals surface area contributed by atoms with Gasteiger partial charge in [-0.15, -0.1) is 0 Å². The van der Waals surface area contributed by atoms with Crippen LogP contribution in [0, 0.1) is 5.92 Å². The van der Waals surface area contributed by atoms with Gasteiger partial charge in [0.15, 0.2) is 0 Å². The summed E-state index contributed by atoms with van der Waals surface area (Å²) in [4.78, 5) is 10.2. The molecule has 0 heterocycles. The number of aliphatic carboxylic acids is 1. The topological polar surface area (TPSA) is 83.5 Å². The normalized spacial score (nSPS) is 16.9. The summed E-state index contributed by atoms with van der Waals surface area (Å²) < 4.78 is 0. The van der Waals surface area contributed by atoms with Crippen molar-refractivity contribution >= 4 is 5.97 Å². The van der Waals surface area contributed by atoms with Crippen LogP contribution in [0.5, 0.6) is 0 Å². The van der Waals surface area contributed by atoms with Crippen LogP contribution in [-0.2, 0) is 4.79 Å². The first-order chi connectivity index (χ1) is 4.36. The van der Waals surface area contributed by atoms with Gasteiger partial charge in [0.05, 0.1) is 0 Å². The molecule has 0 fully saturated rings. The highest BCUT2D eigenvalue weighted by Gasteiger charge is 2.31. The van der Waals surface area contributed by atoms with E-state index in [0.717, 1.165) is 0 Å². The van der Waals surface area contributed by atoms with Gasteiger partial charge < -0.3 is 10.2 Å². The lowest BCUT2D eigenvalue weighted by atomic mass is 10.0. The number of carboxylic acid groups (broad SMARTS) is 1. The van der Waals surface area contributed by atoms with Crippen molar-refractivity contribution in [3.05, 3.63) is 0 Å². The Labute approximate surface area is 59.7 Å². The summed E-state index contributed by atoms with van der Waals surface area (Å²) in [7, 11) is 0. The van der Waals surface area contributed by atoms with Crippen LogP contribution in [0.4, 0.5) is 0 Å². The fraction of sp³-hybridized carbons (Fsp3) is 0.833. The molecule has 4 heteroatoms. The Kier molecular flexibility index (Phi) is 2.80. The number of carbonyl (C=O) groups is 1. The minimum atomic E-state index is -2.06. The summed E-state index contributed by atoms with van der Waals surface area (Å²) >= 11 is 0. The van der Waals surface area contributed by atoms with E-state index in [9.17, 15) is 4.79 Å². The molecule has 0 aliphatic carbocycles. The standard InChI is InChI=1S/C6H13NO3/c1-4(2)3-6(7,10)5(8)9/h4,10H,3,7H2,1-2H3,(H,8,9). The average molecular weight is 147 g/mol. The Hall–Kier alpha value is -0.610. The third-order valence-electron chi connectivity index (χ3n) is 1.09. The number of aliphatic hydroxyl groups is 1. The Morgan fingerprint density at radius 1 is 1.70 bits per heavy atom. The minimum Gasteiger partial charge on any atom is -0.478 e. The Morgan fingerprint density at radius 3 is 2.20 bits per heavy atom. The Bertz CT molecular complexity index is 131. The van der Waals surface area contributed by atoms with Crippen LogP contribution in [0.3, 0.4) is 0 Å². The predicted octanol–water partition coefficient (Wildman–Crippen LogP) is -0.236. The van der Waals surface area contributed by atoms with Gasteiger partial charge in [-0.2, -0.15) is 0 Å². The molecule has 0 saturated heterocycles. The molecule has 0 aromatic heterocycles. The molecule has 10 heavy (non-hydrogen) atoms. The van der Waals surface area contributed by atoms with Crippen molar-refractivity contribution in [3.63, 3.8) is 0 Å². The van der Waals surface area contributed by atoms with Gasteiger partial charge in [-0.3, -0.25) is 5.73 Å². The molecule has 0 amide bonds. The smallest absolute Gasteiger partial charge is 0.351 e. The van der Waals surface area contributed by atoms with Gasteiger partial charge in [0.2, 0.25) is 5.72 Å². The third kappa shape index (κ3) is 2.80. The second kappa shape index (κ2) is 2.98. The fourth-order valence-electron chi connectivity index (χ4n) is 0.710. The molecule has 0 aliphatic rings. The molecule has 0 aromatic rings. The van der Waals surface area contributed by atoms with Crippen molar-refractivity contribution < 1.29 is 15.0 Å². The molecule has 1 unspecified atom stereocenters. The number of hydrogen-bond acceptors (Lipinski definition) is 3. The molecule has 60 valence electrons. The summed E-state index contributed by atoms with van der Waals surface area (Å²) in [5.41, 5.74) is 2.96. The van der Waals surface area contributed by atoms with E-state index in [1.807, 2.05) is 0 Å². The molecular weight excluding hydrogens is 134 g/mol. The van der Waals surface area contributed by atoms with Crippen LogP contribution in [-0.4, -0.2) is 21.9 Å². The molecule has 4 N–H and O–H groups in total. The molecular formula is C6H13NO3. The lowest BCUT2D eigenvalue weighted by Gasteiger charge is -2.19. The summed E-state index contributed by atoms with van der Waals surface area (Å²) in [6, 6.07) is 0. The van der Waals surface area contributed by atoms with E-state index in [0.29, 0.717) is 0 Å². The van der Waals surface area contributed by atoms with E-state index in [2.05, 4.69) is 0 Å². The van der Waals surface area contributed by atoms with Crippen LogP contribution >= 0.6 is 0 Å². The zero-order chi connectivity index (χ0) is 8.36. The van der Waals surface area contributed by atoms with Gasteiger partial charge in [-0.05, 0) is 5.92 Å². The number of hydrogen-bond donors (Lipinski definition) is 3. The summed E-state index contributed by atoms with van der Waals surface area (Å²) in [6.45, 7) is 3.58. The number of rotatable bonds is 3. The maximum absolute atomic E-state index is 10.2. The highest BCUT2D eigenvalue weighted by molar-refractivity contribution is 5.76. The zero-order valence-corrected chi connectivity index (χ0v) is 6.16. The first kappa shape index (κ1) is 9.39. The van der Waals surface area contributed by atoms with Gasteiger partial charge in [-0.25, -0.2) is 4.79 Å². The van der Waals surface area contributed by atoms with Crippen LogP contribution in [0.1, 0.15) is 20.3 Å². The van der Waals surface area contributed by atoms with Crippen molar-refractivity contribution in [1.82, 2.24) is 0 Å². The van der Waals surface area contributed by atoms with Crippen LogP contribution in [0.15, 0.2) is 0 Å². The van der Waals surface area contributed by atoms with Crippen LogP contribution in [0.25, 0.3) is 0 Å². The molecule has 0 saturated carbocycles. The van der Waals surface area contributed by atoms with Gasteiger partial charge >= 0.3 is 5.97 Å². The van der Waals surface area contributed by atoms with E-state index in [1.165, 1.54) is 0 Å². The summed E-state index contributed by atoms with van der Waals surface area (Å²) in [5.74, 6) is -1.30. The molecule has 0 aliphatic heterocycles. The van der Waals surface area contributed by atoms with Crippen LogP contribution in [0.2, 0.25) is 0 Å². The summed E-state index contributed by atoms with van der Waals surface area (Å²) in [6.07, 6.45) is 0.0718. The van der Waals surface area contributed by atoms with E-state index in [1.54, 1.807) is 13.8 Å². The highest BCUT2D eigenvalue weighted by Crippen LogP contribution is 2.10. The summed E-state index contributed by atoms with van der Waals surface area (Å²) in [5, 5.41) is 17.3. The van der Waals surface area contributed by atoms with Crippen molar-refractivity contribution in [2.45, 2.75) is 26.0 Å². The fourth-order valence-corrected chi connectivity index (χ4v) is 0.710. The van der Waals surface area contributed by atoms with Gasteiger partial charge in [0, 0.05) is 6.42 Å². The molecule has 1 atom stereocenters. The quantitative estimate of drug-likeness (QED) is 0.481. The molecule has 4 nitrogen and oxygen atoms in total. The average Bonchev–Trinajstić information content (AvgIpc) is 1.60. The molecule has 0 spiro atoms. The van der Waals surface area contributed by atoms with E-state index in [4.69, 9.17) is 15.9 Å². The lowest BCUT2D eigenvalue weighted by molar-refractivity contribution is -0.159. The highest BCUT2D eigenvalue weighted by atomic mass is 16.4. The lowest BCUT2D eigenvalue weighted by Crippen LogP contribution is -2.48. The Balaban J connectivity index is 4.00. The van der Waals surface area contributed by atoms with Crippen LogP contribution < -0.4 is 5.73 Å². The molecule has 0 rings (SSSR count). The van der Waals surface area contributed by atoms with Crippen molar-refractivity contribution in [2.75, 3.05) is 0 Å². The third-order valence-corrected chi connectivity index (χ3v) is 1.09. The minimum absolute atomic E-state index is 0.0718. The predicted molar refractivity (Wildman–Crippen MR) is 36.2 cm³/mol. The Morgan fingerprint density at radius 2 is 2.10 bits per heavy atom. The molecule has 0 radical (unpaired) electrons. The zero-order valence-electron chi connectivity index (χ0n) is 6.16. The SMILES string of the molecule is CC(C)CC(N)(O)C(=O)O. The van der Waals surface area contributed by atoms with Crippen molar-refractivity contribution in [1.29, 1.82) is 0 Å². The van der Waals surface area contributed by atoms with E-state index >= 15 is 0 Å². The van der Waals surface area contributed by atoms with Gasteiger partial charge in [0.1, 0.15) is 0 Å². The monoisotopic (exact) mass is 147 g/mol. The second-order valence-electron chi connectivity index (χ2n) is 2.83. The first-order valence-electron chi connectivity index (χ1n) is 3.11. The van der Waals surface area contributed by atoms with Crippen molar-refractivity contribution in [2.24, 2.45) is 11.7 Å². The second-order valence-corrected chi connectivity index (χ2v) is 2.83. The first-order valence-corrected chi connectivity index (χ1v) is 3.11. The van der Waals surface area contributed by atoms with Gasteiger partial charge in [0.25, 0.3) is 0 Å². The molecule has 0 aromatic carbocycles. The van der Waals surface area contributed by atoms with E-state index < -0.39 is 11.7 Å². The molecule has 0 bridgehead atoms. The largest absolute Gasteiger partial charge is 0.478 e. The van der Waals surface area contributed by atoms with Crippen molar-refractivity contribution in [3.8, 4) is 0 Å². The maximum atomic E-state index is 10.2. The maximum Gasteiger partial charge on any atom is 0.351 e.